The molecule has 0 rings (SSSR count). The molecule has 4 nitrogen and oxygen atoms in total. The van der Waals surface area contributed by atoms with Crippen LogP contribution < -0.4 is 0 Å². The summed E-state index contributed by atoms with van der Waals surface area (Å²) in [7, 11) is 0. The Kier molecular flexibility index (Phi) is 8.45. The van der Waals surface area contributed by atoms with E-state index < -0.39 is 0 Å². The van der Waals surface area contributed by atoms with Crippen LogP contribution in [0.2, 0.25) is 0 Å². The first-order valence-corrected chi connectivity index (χ1v) is 9.99. The van der Waals surface area contributed by atoms with Crippen molar-refractivity contribution >= 4 is 21.9 Å². The summed E-state index contributed by atoms with van der Waals surface area (Å²) >= 11 is 0.200. The predicted octanol–water partition coefficient (Wildman–Crippen LogP) is 5.61. The maximum atomic E-state index is 4.80. The van der Waals surface area contributed by atoms with Gasteiger partial charge in [-0.3, -0.25) is 0 Å². The molecule has 0 saturated heterocycles. The number of amidine groups is 2. The van der Waals surface area contributed by atoms with E-state index >= 15 is 0 Å². The molecule has 0 spiro atoms. The van der Waals surface area contributed by atoms with Gasteiger partial charge in [0, 0.05) is 0 Å². The zero-order chi connectivity index (χ0) is 20.1. The van der Waals surface area contributed by atoms with E-state index in [1.807, 2.05) is 12.4 Å². The number of hydrogen-bond donors (Lipinski definition) is 0. The molecule has 0 unspecified atom stereocenters. The molecule has 5 heteroatoms. The van der Waals surface area contributed by atoms with Gasteiger partial charge in [-0.05, 0) is 0 Å². The molecular weight excluding hydrogens is 351 g/mol. The van der Waals surface area contributed by atoms with Gasteiger partial charge < -0.3 is 0 Å². The van der Waals surface area contributed by atoms with E-state index in [1.54, 1.807) is 0 Å². The van der Waals surface area contributed by atoms with E-state index in [0.29, 0.717) is 0 Å². The van der Waals surface area contributed by atoms with Crippen LogP contribution in [0.4, 0.5) is 0 Å². The molecule has 0 aromatic carbocycles. The number of nitrogens with zero attached hydrogens (tertiary/aromatic N) is 4. The standard InChI is InChI=1S/2C10H19N2.Mn/c2*1-9(2,3)7-11-8-12-10(4,5)6;/h2*7H,1-6H3;. The van der Waals surface area contributed by atoms with Crippen molar-refractivity contribution in [1.82, 2.24) is 0 Å². The van der Waals surface area contributed by atoms with Crippen molar-refractivity contribution in [3.05, 3.63) is 0 Å². The molecule has 0 atom stereocenters. The molecule has 0 aliphatic carbocycles. The van der Waals surface area contributed by atoms with Crippen LogP contribution in [0.3, 0.4) is 0 Å². The molecule has 145 valence electrons. The van der Waals surface area contributed by atoms with Gasteiger partial charge in [-0.15, -0.1) is 0 Å². The van der Waals surface area contributed by atoms with Crippen LogP contribution in [0, 0.1) is 10.8 Å². The van der Waals surface area contributed by atoms with Gasteiger partial charge in [0.2, 0.25) is 0 Å². The number of hydrogen-bond acceptors (Lipinski definition) is 2. The Hall–Kier alpha value is -0.801. The third-order valence-electron chi connectivity index (χ3n) is 2.14. The van der Waals surface area contributed by atoms with Crippen molar-refractivity contribution in [1.29, 1.82) is 0 Å². The van der Waals surface area contributed by atoms with Gasteiger partial charge in [0.25, 0.3) is 0 Å². The van der Waals surface area contributed by atoms with E-state index in [1.165, 1.54) is 0 Å². The normalized spacial score (nSPS) is 16.3. The molecule has 0 fully saturated rings. The zero-order valence-electron chi connectivity index (χ0n) is 18.3. The van der Waals surface area contributed by atoms with E-state index in [0.717, 1.165) is 9.47 Å². The van der Waals surface area contributed by atoms with E-state index in [9.17, 15) is 0 Å². The van der Waals surface area contributed by atoms with E-state index in [4.69, 9.17) is 9.98 Å². The van der Waals surface area contributed by atoms with E-state index in [-0.39, 0.29) is 36.9 Å². The Morgan fingerprint density at radius 3 is 1.04 bits per heavy atom. The van der Waals surface area contributed by atoms with Crippen LogP contribution in [0.1, 0.15) is 83.1 Å². The quantitative estimate of drug-likeness (QED) is 0.335. The van der Waals surface area contributed by atoms with Gasteiger partial charge >= 0.3 is 162 Å². The molecular formula is C20H38MnN4. The fraction of sp³-hybridized carbons (Fsp3) is 0.800. The Labute approximate surface area is 162 Å². The number of rotatable bonds is 2. The van der Waals surface area contributed by atoms with Gasteiger partial charge in [0.15, 0.2) is 0 Å². The molecule has 0 aliphatic heterocycles. The molecule has 0 aliphatic rings. The maximum absolute atomic E-state index is 4.80. The summed E-state index contributed by atoms with van der Waals surface area (Å²) in [6, 6.07) is 0. The van der Waals surface area contributed by atoms with Crippen LogP contribution in [0.25, 0.3) is 0 Å². The molecule has 0 saturated carbocycles. The molecule has 0 amide bonds. The summed E-state index contributed by atoms with van der Waals surface area (Å²) in [5, 5.41) is 0. The summed E-state index contributed by atoms with van der Waals surface area (Å²) in [5.41, 5.74) is -0.336. The summed E-state index contributed by atoms with van der Waals surface area (Å²) in [6.07, 6.45) is 3.93. The van der Waals surface area contributed by atoms with E-state index in [2.05, 4.69) is 93.1 Å². The third kappa shape index (κ3) is 16.4. The Morgan fingerprint density at radius 2 is 0.840 bits per heavy atom. The van der Waals surface area contributed by atoms with Gasteiger partial charge in [-0.2, -0.15) is 0 Å². The van der Waals surface area contributed by atoms with Gasteiger partial charge in [0.1, 0.15) is 0 Å². The Bertz CT molecular complexity index is 492. The van der Waals surface area contributed by atoms with Crippen LogP contribution >= 0.6 is 0 Å². The minimum atomic E-state index is -0.182. The SMILES string of the molecule is CC(C)(C)C=N[C](=NC(C)(C)C)[Mn][C](N=CC(C)(C)C)=NC(C)(C)C. The fourth-order valence-electron chi connectivity index (χ4n) is 1.27. The first kappa shape index (κ1) is 24.2. The third-order valence-corrected chi connectivity index (χ3v) is 3.24. The molecule has 0 aromatic heterocycles. The van der Waals surface area contributed by atoms with Gasteiger partial charge in [0.05, 0.1) is 0 Å². The molecule has 0 radical (unpaired) electrons. The second kappa shape index (κ2) is 8.72. The first-order valence-electron chi connectivity index (χ1n) is 8.81. The van der Waals surface area contributed by atoms with Crippen LogP contribution in [0.5, 0.6) is 0 Å². The number of aliphatic imine (C=N–C) groups is 4. The van der Waals surface area contributed by atoms with Crippen molar-refractivity contribution < 1.29 is 15.0 Å². The zero-order valence-corrected chi connectivity index (χ0v) is 19.5. The van der Waals surface area contributed by atoms with Crippen molar-refractivity contribution in [3.8, 4) is 0 Å². The minimum absolute atomic E-state index is 0.0136. The predicted molar refractivity (Wildman–Crippen MR) is 110 cm³/mol. The van der Waals surface area contributed by atoms with Crippen molar-refractivity contribution in [2.45, 2.75) is 94.2 Å². The first-order chi connectivity index (χ1) is 10.9. The molecule has 25 heavy (non-hydrogen) atoms. The summed E-state index contributed by atoms with van der Waals surface area (Å²) in [6.45, 7) is 25.3. The van der Waals surface area contributed by atoms with Crippen LogP contribution in [0.15, 0.2) is 20.0 Å². The summed E-state index contributed by atoms with van der Waals surface area (Å²) in [5.74, 6) is 0. The molecule has 0 bridgehead atoms. The van der Waals surface area contributed by atoms with Crippen molar-refractivity contribution in [3.63, 3.8) is 0 Å². The van der Waals surface area contributed by atoms with Crippen molar-refractivity contribution in [2.75, 3.05) is 0 Å². The monoisotopic (exact) mass is 389 g/mol. The second-order valence-corrected chi connectivity index (χ2v) is 11.8. The van der Waals surface area contributed by atoms with Crippen molar-refractivity contribution in [2.24, 2.45) is 30.8 Å². The Morgan fingerprint density at radius 1 is 0.560 bits per heavy atom. The molecule has 0 aromatic rings. The van der Waals surface area contributed by atoms with Gasteiger partial charge in [-0.25, -0.2) is 0 Å². The summed E-state index contributed by atoms with van der Waals surface area (Å²) < 4.78 is 1.61. The second-order valence-electron chi connectivity index (χ2n) is 10.4. The Balaban J connectivity index is 5.83. The van der Waals surface area contributed by atoms with Crippen LogP contribution in [-0.2, 0) is 15.0 Å². The molecule has 0 N–H and O–H groups in total. The molecule has 0 heterocycles. The van der Waals surface area contributed by atoms with Crippen LogP contribution in [-0.4, -0.2) is 33.0 Å². The fourth-order valence-corrected chi connectivity index (χ4v) is 2.74. The average molecular weight is 389 g/mol. The topological polar surface area (TPSA) is 49.4 Å². The van der Waals surface area contributed by atoms with Gasteiger partial charge in [-0.1, -0.05) is 0 Å². The average Bonchev–Trinajstić information content (AvgIpc) is 2.27. The summed E-state index contributed by atoms with van der Waals surface area (Å²) in [4.78, 5) is 19.0.